The van der Waals surface area contributed by atoms with Gasteiger partial charge in [0, 0.05) is 6.54 Å². The Balaban J connectivity index is 1.74. The minimum Gasteiger partial charge on any atom is -0.462 e. The summed E-state index contributed by atoms with van der Waals surface area (Å²) in [4.78, 5) is 31.9. The highest BCUT2D eigenvalue weighted by molar-refractivity contribution is 5.88. The molecule has 0 aliphatic carbocycles. The zero-order chi connectivity index (χ0) is 20.2. The first kappa shape index (κ1) is 18.9. The zero-order valence-electron chi connectivity index (χ0n) is 16.2. The van der Waals surface area contributed by atoms with Crippen LogP contribution in [0.5, 0.6) is 0 Å². The number of aromatic nitrogens is 2. The van der Waals surface area contributed by atoms with Crippen LogP contribution < -0.4 is 15.0 Å². The quantitative estimate of drug-likeness (QED) is 0.534. The predicted octanol–water partition coefficient (Wildman–Crippen LogP) is 2.41. The minimum atomic E-state index is -0.615. The van der Waals surface area contributed by atoms with Gasteiger partial charge in [0.25, 0.3) is 0 Å². The molecule has 0 saturated heterocycles. The van der Waals surface area contributed by atoms with Gasteiger partial charge in [-0.15, -0.1) is 0 Å². The number of fused-ring (bicyclic) bond motifs is 1. The molecule has 3 aromatic rings. The fourth-order valence-electron chi connectivity index (χ4n) is 3.48. The summed E-state index contributed by atoms with van der Waals surface area (Å²) in [5.41, 5.74) is 1.70. The van der Waals surface area contributed by atoms with E-state index in [-0.39, 0.29) is 12.2 Å². The van der Waals surface area contributed by atoms with E-state index < -0.39 is 11.5 Å². The van der Waals surface area contributed by atoms with Crippen molar-refractivity contribution in [3.8, 4) is 0 Å². The van der Waals surface area contributed by atoms with Gasteiger partial charge in [0.05, 0.1) is 12.8 Å². The molecular weight excluding hydrogens is 368 g/mol. The van der Waals surface area contributed by atoms with E-state index in [4.69, 9.17) is 4.74 Å². The van der Waals surface area contributed by atoms with Crippen LogP contribution in [0, 0.1) is 0 Å². The molecule has 0 spiro atoms. The lowest BCUT2D eigenvalue weighted by Gasteiger charge is -2.32. The van der Waals surface area contributed by atoms with Crippen molar-refractivity contribution in [2.45, 2.75) is 20.1 Å². The summed E-state index contributed by atoms with van der Waals surface area (Å²) < 4.78 is 6.92. The van der Waals surface area contributed by atoms with E-state index in [1.165, 1.54) is 5.56 Å². The number of esters is 1. The maximum Gasteiger partial charge on any atom is 0.367 e. The highest BCUT2D eigenvalue weighted by atomic mass is 16.5. The van der Waals surface area contributed by atoms with Gasteiger partial charge in [-0.3, -0.25) is 0 Å². The number of carbonyl (C=O) groups is 1. The largest absolute Gasteiger partial charge is 0.462 e. The van der Waals surface area contributed by atoms with Crippen molar-refractivity contribution in [1.82, 2.24) is 9.88 Å². The Morgan fingerprint density at radius 2 is 1.79 bits per heavy atom. The molecule has 0 fully saturated rings. The van der Waals surface area contributed by atoms with Gasteiger partial charge >= 0.3 is 17.5 Å². The van der Waals surface area contributed by atoms with Crippen molar-refractivity contribution in [1.29, 1.82) is 0 Å². The third-order valence-corrected chi connectivity index (χ3v) is 4.79. The summed E-state index contributed by atoms with van der Waals surface area (Å²) in [6, 6.07) is 20.1. The Morgan fingerprint density at radius 3 is 2.48 bits per heavy atom. The summed E-state index contributed by atoms with van der Waals surface area (Å²) in [5, 5.41) is 0. The second-order valence-corrected chi connectivity index (χ2v) is 6.87. The molecule has 0 atom stereocenters. The Hall–Kier alpha value is -3.45. The molecule has 1 N–H and O–H groups in total. The van der Waals surface area contributed by atoms with E-state index in [9.17, 15) is 9.59 Å². The first-order valence-electron chi connectivity index (χ1n) is 9.58. The predicted molar refractivity (Wildman–Crippen MR) is 109 cm³/mol. The van der Waals surface area contributed by atoms with E-state index >= 15 is 0 Å². The first-order valence-corrected chi connectivity index (χ1v) is 9.58. The third-order valence-electron chi connectivity index (χ3n) is 4.79. The molecule has 29 heavy (non-hydrogen) atoms. The molecule has 0 bridgehead atoms. The first-order chi connectivity index (χ1) is 14.2. The lowest BCUT2D eigenvalue weighted by Crippen LogP contribution is -2.57. The summed E-state index contributed by atoms with van der Waals surface area (Å²) >= 11 is 0. The van der Waals surface area contributed by atoms with Crippen LogP contribution in [0.25, 0.3) is 0 Å². The molecule has 2 heterocycles. The van der Waals surface area contributed by atoms with Crippen molar-refractivity contribution in [2.75, 3.05) is 18.2 Å². The third kappa shape index (κ3) is 4.05. The standard InChI is InChI=1S/C22H22N4O3/c1-2-29-21(28)19-14-25-15-24(13-17-9-5-3-6-10-17)16-26(22(25)23-20(19)27)18-11-7-4-8-12-18/h3-12,14H,2,13,15-16H2,1H3/p+1. The highest BCUT2D eigenvalue weighted by Crippen LogP contribution is 2.24. The number of aromatic amines is 1. The fourth-order valence-corrected chi connectivity index (χ4v) is 3.48. The van der Waals surface area contributed by atoms with E-state index in [1.807, 2.05) is 58.0 Å². The Morgan fingerprint density at radius 1 is 1.10 bits per heavy atom. The molecule has 0 saturated carbocycles. The average Bonchev–Trinajstić information content (AvgIpc) is 2.74. The van der Waals surface area contributed by atoms with Crippen LogP contribution in [0.1, 0.15) is 22.8 Å². The molecule has 7 heteroatoms. The van der Waals surface area contributed by atoms with Gasteiger partial charge in [-0.05, 0) is 24.6 Å². The van der Waals surface area contributed by atoms with Crippen LogP contribution in [-0.4, -0.2) is 29.1 Å². The number of hydrogen-bond donors (Lipinski definition) is 1. The second kappa shape index (κ2) is 8.28. The number of anilines is 2. The number of rotatable bonds is 5. The molecule has 0 amide bonds. The van der Waals surface area contributed by atoms with E-state index in [0.717, 1.165) is 12.2 Å². The molecule has 7 nitrogen and oxygen atoms in total. The normalized spacial score (nSPS) is 13.8. The number of para-hydroxylation sites is 1. The summed E-state index contributed by atoms with van der Waals surface area (Å²) in [5.74, 6) is 0.0223. The molecule has 1 aliphatic rings. The number of nitrogens with one attached hydrogen (secondary N) is 1. The van der Waals surface area contributed by atoms with Crippen LogP contribution in [-0.2, 0) is 18.0 Å². The molecule has 148 valence electrons. The number of carbonyl (C=O) groups excluding carboxylic acids is 1. The SMILES string of the molecule is CCOC(=O)c1c[n+]2c([nH]c1=O)N(c1ccccc1)CN(Cc1ccccc1)C2. The van der Waals surface area contributed by atoms with Gasteiger partial charge in [0.2, 0.25) is 0 Å². The number of H-pyrrole nitrogens is 1. The molecular formula is C22H23N4O3+. The maximum absolute atomic E-state index is 12.5. The van der Waals surface area contributed by atoms with Gasteiger partial charge in [-0.1, -0.05) is 48.5 Å². The number of benzene rings is 2. The van der Waals surface area contributed by atoms with Crippen LogP contribution >= 0.6 is 0 Å². The molecule has 0 radical (unpaired) electrons. The number of nitrogens with zero attached hydrogens (tertiary/aromatic N) is 3. The summed E-state index contributed by atoms with van der Waals surface area (Å²) in [7, 11) is 0. The second-order valence-electron chi connectivity index (χ2n) is 6.87. The van der Waals surface area contributed by atoms with Crippen LogP contribution in [0.15, 0.2) is 71.7 Å². The zero-order valence-corrected chi connectivity index (χ0v) is 16.2. The topological polar surface area (TPSA) is 69.5 Å². The highest BCUT2D eigenvalue weighted by Gasteiger charge is 2.33. The van der Waals surface area contributed by atoms with E-state index in [2.05, 4.69) is 22.0 Å². The Bertz CT molecular complexity index is 1050. The van der Waals surface area contributed by atoms with Gasteiger partial charge < -0.3 is 4.74 Å². The summed E-state index contributed by atoms with van der Waals surface area (Å²) in [6.45, 7) is 3.82. The molecule has 1 aliphatic heterocycles. The van der Waals surface area contributed by atoms with Crippen LogP contribution in [0.3, 0.4) is 0 Å². The van der Waals surface area contributed by atoms with E-state index in [0.29, 0.717) is 19.3 Å². The molecule has 1 aromatic heterocycles. The van der Waals surface area contributed by atoms with Gasteiger partial charge in [0.1, 0.15) is 19.0 Å². The Kier molecular flexibility index (Phi) is 5.39. The Labute approximate surface area is 168 Å². The lowest BCUT2D eigenvalue weighted by atomic mass is 10.2. The maximum atomic E-state index is 12.5. The summed E-state index contributed by atoms with van der Waals surface area (Å²) in [6.07, 6.45) is 1.58. The molecule has 4 rings (SSSR count). The number of ether oxygens (including phenoxy) is 1. The van der Waals surface area contributed by atoms with Crippen molar-refractivity contribution in [3.63, 3.8) is 0 Å². The van der Waals surface area contributed by atoms with Crippen molar-refractivity contribution in [3.05, 3.63) is 88.3 Å². The number of hydrogen-bond acceptors (Lipinski definition) is 5. The average molecular weight is 391 g/mol. The van der Waals surface area contributed by atoms with Crippen LogP contribution in [0.2, 0.25) is 0 Å². The fraction of sp³-hybridized carbons (Fsp3) is 0.227. The molecule has 0 unspecified atom stereocenters. The minimum absolute atomic E-state index is 0.00479. The molecule has 2 aromatic carbocycles. The smallest absolute Gasteiger partial charge is 0.367 e. The van der Waals surface area contributed by atoms with Crippen LogP contribution in [0.4, 0.5) is 11.6 Å². The van der Waals surface area contributed by atoms with Gasteiger partial charge in [-0.2, -0.15) is 0 Å². The van der Waals surface area contributed by atoms with E-state index in [1.54, 1.807) is 13.1 Å². The lowest BCUT2D eigenvalue weighted by molar-refractivity contribution is -0.712. The van der Waals surface area contributed by atoms with Crippen molar-refractivity contribution >= 4 is 17.6 Å². The van der Waals surface area contributed by atoms with Crippen molar-refractivity contribution < 1.29 is 14.1 Å². The monoisotopic (exact) mass is 391 g/mol. The van der Waals surface area contributed by atoms with Crippen molar-refractivity contribution in [2.24, 2.45) is 0 Å². The van der Waals surface area contributed by atoms with Gasteiger partial charge in [-0.25, -0.2) is 28.9 Å². The van der Waals surface area contributed by atoms with Gasteiger partial charge in [0.15, 0.2) is 5.56 Å².